The first-order valence-electron chi connectivity index (χ1n) is 18.0. The molecule has 0 N–H and O–H groups in total. The van der Waals surface area contributed by atoms with Crippen LogP contribution in [0.1, 0.15) is 0 Å². The van der Waals surface area contributed by atoms with Crippen LogP contribution in [0.2, 0.25) is 0 Å². The minimum Gasteiger partial charge on any atom is -0.456 e. The van der Waals surface area contributed by atoms with Gasteiger partial charge in [0.05, 0.1) is 0 Å². The zero-order valence-electron chi connectivity index (χ0n) is 28.4. The molecule has 0 radical (unpaired) electrons. The van der Waals surface area contributed by atoms with Gasteiger partial charge in [-0.3, -0.25) is 0 Å². The summed E-state index contributed by atoms with van der Waals surface area (Å²) in [4.78, 5) is 1.19. The first kappa shape index (κ1) is 29.0. The van der Waals surface area contributed by atoms with Gasteiger partial charge >= 0.3 is 0 Å². The van der Waals surface area contributed by atoms with Crippen molar-refractivity contribution in [2.45, 2.75) is 0 Å². The first-order valence-corrected chi connectivity index (χ1v) is 18.8. The number of hydrogen-bond acceptors (Lipinski definition) is 3. The molecule has 3 aromatic heterocycles. The van der Waals surface area contributed by atoms with Gasteiger partial charge in [-0.15, -0.1) is 11.3 Å². The van der Waals surface area contributed by atoms with Gasteiger partial charge in [0.2, 0.25) is 0 Å². The highest BCUT2D eigenvalue weighted by atomic mass is 32.1. The van der Waals surface area contributed by atoms with Crippen LogP contribution in [0.4, 0.5) is 0 Å². The van der Waals surface area contributed by atoms with E-state index in [-0.39, 0.29) is 0 Å². The van der Waals surface area contributed by atoms with Gasteiger partial charge in [0.15, 0.2) is 0 Å². The van der Waals surface area contributed by atoms with Crippen LogP contribution in [0.5, 0.6) is 0 Å². The maximum absolute atomic E-state index is 6.64. The Hall–Kier alpha value is -6.68. The molecule has 0 aliphatic carbocycles. The Morgan fingerprint density at radius 3 is 1.70 bits per heavy atom. The number of furan rings is 2. The van der Waals surface area contributed by atoms with Crippen molar-refractivity contribution in [1.29, 1.82) is 0 Å². The van der Waals surface area contributed by atoms with Crippen molar-refractivity contribution in [1.82, 2.24) is 0 Å². The zero-order valence-corrected chi connectivity index (χ0v) is 29.2. The lowest BCUT2D eigenvalue weighted by Gasteiger charge is -2.17. The maximum Gasteiger partial charge on any atom is 0.144 e. The predicted molar refractivity (Wildman–Crippen MR) is 225 cm³/mol. The van der Waals surface area contributed by atoms with Crippen molar-refractivity contribution in [3.8, 4) is 32.7 Å². The van der Waals surface area contributed by atoms with E-state index in [9.17, 15) is 0 Å². The molecule has 53 heavy (non-hydrogen) atoms. The van der Waals surface area contributed by atoms with E-state index < -0.39 is 0 Å². The van der Waals surface area contributed by atoms with E-state index in [0.717, 1.165) is 49.4 Å². The van der Waals surface area contributed by atoms with E-state index in [2.05, 4.69) is 164 Å². The Balaban J connectivity index is 1.13. The van der Waals surface area contributed by atoms with Gasteiger partial charge in [-0.2, -0.15) is 0 Å². The number of rotatable bonds is 3. The zero-order chi connectivity index (χ0) is 34.6. The van der Waals surface area contributed by atoms with E-state index in [1.807, 2.05) is 17.4 Å². The minimum absolute atomic E-state index is 0.892. The second kappa shape index (κ2) is 10.9. The third-order valence-electron chi connectivity index (χ3n) is 11.1. The monoisotopic (exact) mass is 692 g/mol. The summed E-state index contributed by atoms with van der Waals surface area (Å²) < 4.78 is 14.5. The minimum atomic E-state index is 0.892. The smallest absolute Gasteiger partial charge is 0.144 e. The fraction of sp³-hybridized carbons (Fsp3) is 0. The van der Waals surface area contributed by atoms with Crippen LogP contribution in [0.3, 0.4) is 0 Å². The number of hydrogen-bond donors (Lipinski definition) is 0. The largest absolute Gasteiger partial charge is 0.456 e. The molecule has 0 aliphatic rings. The van der Waals surface area contributed by atoms with Gasteiger partial charge in [0.1, 0.15) is 22.3 Å². The second-order valence-electron chi connectivity index (χ2n) is 13.9. The molecule has 12 aromatic rings. The molecule has 9 aromatic carbocycles. The highest BCUT2D eigenvalue weighted by Gasteiger charge is 2.22. The van der Waals surface area contributed by atoms with Gasteiger partial charge in [-0.25, -0.2) is 0 Å². The Labute approximate surface area is 307 Å². The van der Waals surface area contributed by atoms with Crippen LogP contribution in [-0.4, -0.2) is 0 Å². The lowest BCUT2D eigenvalue weighted by atomic mass is 9.86. The maximum atomic E-state index is 6.64. The third kappa shape index (κ3) is 4.14. The summed E-state index contributed by atoms with van der Waals surface area (Å²) in [5, 5.41) is 13.1. The van der Waals surface area contributed by atoms with Crippen LogP contribution in [-0.2, 0) is 0 Å². The topological polar surface area (TPSA) is 26.3 Å². The number of benzene rings is 9. The first-order chi connectivity index (χ1) is 26.3. The molecule has 0 fully saturated rings. The molecule has 0 saturated carbocycles. The Bertz CT molecular complexity index is 3390. The molecular formula is C50H28O2S. The van der Waals surface area contributed by atoms with Gasteiger partial charge in [0, 0.05) is 42.1 Å². The molecule has 0 bridgehead atoms. The third-order valence-corrected chi connectivity index (χ3v) is 12.2. The highest BCUT2D eigenvalue weighted by Crippen LogP contribution is 2.48. The standard InChI is InChI=1S/C50H28O2S/c1-2-12-29(13-3-1)46-34-17-6-8-19-36(34)47(37-20-9-7-18-35(37)46)31-22-23-42-39(27-31)48-40-28-45(53-44(40)25-24-43(48)51-42)49-32-15-5-4-14-30(32)26-38-33-16-10-11-21-41(33)52-50(38)49/h1-28H. The predicted octanol–water partition coefficient (Wildman–Crippen LogP) is 15.2. The van der Waals surface area contributed by atoms with E-state index in [0.29, 0.717) is 0 Å². The van der Waals surface area contributed by atoms with Crippen LogP contribution >= 0.6 is 11.3 Å². The highest BCUT2D eigenvalue weighted by molar-refractivity contribution is 7.22. The van der Waals surface area contributed by atoms with Crippen molar-refractivity contribution in [3.63, 3.8) is 0 Å². The molecule has 0 aliphatic heterocycles. The average Bonchev–Trinajstić information content (AvgIpc) is 3.92. The van der Waals surface area contributed by atoms with Crippen LogP contribution in [0, 0.1) is 0 Å². The van der Waals surface area contributed by atoms with E-state index >= 15 is 0 Å². The molecule has 246 valence electrons. The van der Waals surface area contributed by atoms with Gasteiger partial charge < -0.3 is 8.83 Å². The van der Waals surface area contributed by atoms with Crippen LogP contribution in [0.25, 0.3) is 119 Å². The SMILES string of the molecule is c1ccc(-c2c3ccccc3c(-c3ccc4oc5ccc6sc(-c7c8ccccc8cc8c7oc7ccccc78)cc6c5c4c3)c3ccccc23)cc1. The molecule has 0 amide bonds. The normalized spacial score (nSPS) is 12.2. The summed E-state index contributed by atoms with van der Waals surface area (Å²) in [6, 6.07) is 61.2. The molecule has 0 spiro atoms. The van der Waals surface area contributed by atoms with Crippen LogP contribution in [0.15, 0.2) is 179 Å². The quantitative estimate of drug-likeness (QED) is 0.172. The fourth-order valence-electron chi connectivity index (χ4n) is 8.79. The molecule has 2 nitrogen and oxygen atoms in total. The van der Waals surface area contributed by atoms with E-state index in [1.54, 1.807) is 0 Å². The molecule has 3 heterocycles. The summed E-state index contributed by atoms with van der Waals surface area (Å²) in [5.74, 6) is 0. The van der Waals surface area contributed by atoms with Gasteiger partial charge in [-0.05, 0) is 97.0 Å². The number of thiophene rings is 1. The van der Waals surface area contributed by atoms with Crippen molar-refractivity contribution < 1.29 is 8.83 Å². The number of para-hydroxylation sites is 1. The average molecular weight is 693 g/mol. The lowest BCUT2D eigenvalue weighted by Crippen LogP contribution is -1.90. The van der Waals surface area contributed by atoms with Crippen molar-refractivity contribution in [3.05, 3.63) is 170 Å². The molecule has 0 unspecified atom stereocenters. The van der Waals surface area contributed by atoms with E-state index in [4.69, 9.17) is 8.83 Å². The summed E-state index contributed by atoms with van der Waals surface area (Å²) in [5.41, 5.74) is 9.70. The van der Waals surface area contributed by atoms with Gasteiger partial charge in [0.25, 0.3) is 0 Å². The Kier molecular flexibility index (Phi) is 5.96. The molecule has 3 heteroatoms. The molecule has 12 rings (SSSR count). The Morgan fingerprint density at radius 1 is 0.340 bits per heavy atom. The lowest BCUT2D eigenvalue weighted by molar-refractivity contribution is 0.669. The van der Waals surface area contributed by atoms with Gasteiger partial charge in [-0.1, -0.05) is 127 Å². The van der Waals surface area contributed by atoms with Crippen molar-refractivity contribution in [2.24, 2.45) is 0 Å². The van der Waals surface area contributed by atoms with E-state index in [1.165, 1.54) is 69.5 Å². The molecule has 0 atom stereocenters. The Morgan fingerprint density at radius 2 is 0.943 bits per heavy atom. The summed E-state index contributed by atoms with van der Waals surface area (Å²) in [7, 11) is 0. The molecule has 0 saturated heterocycles. The summed E-state index contributed by atoms with van der Waals surface area (Å²) in [6.45, 7) is 0. The summed E-state index contributed by atoms with van der Waals surface area (Å²) >= 11 is 1.82. The van der Waals surface area contributed by atoms with Crippen LogP contribution < -0.4 is 0 Å². The van der Waals surface area contributed by atoms with Crippen molar-refractivity contribution >= 4 is 97.6 Å². The summed E-state index contributed by atoms with van der Waals surface area (Å²) in [6.07, 6.45) is 0. The fourth-order valence-corrected chi connectivity index (χ4v) is 9.91. The molecular weight excluding hydrogens is 665 g/mol. The van der Waals surface area contributed by atoms with Crippen molar-refractivity contribution in [2.75, 3.05) is 0 Å². The number of fused-ring (bicyclic) bond motifs is 11. The second-order valence-corrected chi connectivity index (χ2v) is 15.0.